The predicted octanol–water partition coefficient (Wildman–Crippen LogP) is 20.9. The summed E-state index contributed by atoms with van der Waals surface area (Å²) < 4.78 is 6.87. The maximum absolute atomic E-state index is 5.24. The molecular formula is C84H56N8. The van der Waals surface area contributed by atoms with E-state index in [1.807, 2.05) is 48.5 Å². The monoisotopic (exact) mass is 1180 g/mol. The van der Waals surface area contributed by atoms with Crippen molar-refractivity contribution in [2.45, 2.75) is 19.3 Å². The molecule has 432 valence electrons. The van der Waals surface area contributed by atoms with Crippen LogP contribution in [-0.4, -0.2) is 38.6 Å². The minimum Gasteiger partial charge on any atom is -0.309 e. The Morgan fingerprint density at radius 2 is 0.674 bits per heavy atom. The molecule has 8 heteroatoms. The number of nitrogens with zero attached hydrogens (tertiary/aromatic N) is 8. The Bertz CT molecular complexity index is 5840. The molecule has 0 atom stereocenters. The van der Waals surface area contributed by atoms with Crippen LogP contribution in [0.3, 0.4) is 0 Å². The van der Waals surface area contributed by atoms with E-state index >= 15 is 0 Å². The Morgan fingerprint density at radius 3 is 1.27 bits per heavy atom. The van der Waals surface area contributed by atoms with Crippen molar-refractivity contribution in [3.05, 3.63) is 314 Å². The third-order valence-corrected chi connectivity index (χ3v) is 18.7. The molecule has 8 nitrogen and oxygen atoms in total. The summed E-state index contributed by atoms with van der Waals surface area (Å²) in [4.78, 5) is 25.8. The number of aromatic nitrogens is 8. The molecule has 13 aromatic carbocycles. The van der Waals surface area contributed by atoms with Gasteiger partial charge >= 0.3 is 0 Å². The first-order chi connectivity index (χ1) is 45.4. The van der Waals surface area contributed by atoms with Gasteiger partial charge in [0.05, 0.1) is 44.5 Å². The highest BCUT2D eigenvalue weighted by atomic mass is 15.2. The molecule has 1 aliphatic carbocycles. The maximum Gasteiger partial charge on any atom is 0.238 e. The number of fused-ring (bicyclic) bond motifs is 15. The molecule has 0 unspecified atom stereocenters. The molecule has 0 bridgehead atoms. The van der Waals surface area contributed by atoms with Gasteiger partial charge in [0.2, 0.25) is 11.9 Å². The van der Waals surface area contributed by atoms with Crippen molar-refractivity contribution in [3.63, 3.8) is 0 Å². The number of para-hydroxylation sites is 3. The molecule has 18 aromatic rings. The van der Waals surface area contributed by atoms with E-state index in [-0.39, 0.29) is 5.41 Å². The fourth-order valence-electron chi connectivity index (χ4n) is 14.4. The average Bonchev–Trinajstić information content (AvgIpc) is 1.60. The Labute approximate surface area is 530 Å². The summed E-state index contributed by atoms with van der Waals surface area (Å²) in [7, 11) is 0. The van der Waals surface area contributed by atoms with E-state index in [2.05, 4.69) is 282 Å². The molecule has 0 N–H and O–H groups in total. The summed E-state index contributed by atoms with van der Waals surface area (Å²) in [5.41, 5.74) is 18.9. The molecule has 19 rings (SSSR count). The zero-order valence-electron chi connectivity index (χ0n) is 50.4. The number of hydrogen-bond donors (Lipinski definition) is 0. The molecule has 92 heavy (non-hydrogen) atoms. The van der Waals surface area contributed by atoms with Crippen molar-refractivity contribution < 1.29 is 0 Å². The SMILES string of the molecule is CC1(C)c2cc3c4ccccc4n(-c4nc(-c5ccccc5)cc(-c5ccccc5)n4)c3cc2-c2c1ccc1ccccc21.c1ccc(-c2nc(-c3ccccc3)nc(-n3c4cc5ccccc5cc4c4cc5c(cc43)c3ccccc3n5-c3ccccc3)n2)cc1. The third-order valence-electron chi connectivity index (χ3n) is 18.7. The molecule has 0 spiro atoms. The highest BCUT2D eigenvalue weighted by molar-refractivity contribution is 6.21. The molecule has 1 aliphatic rings. The van der Waals surface area contributed by atoms with E-state index in [0.29, 0.717) is 23.5 Å². The van der Waals surface area contributed by atoms with Crippen molar-refractivity contribution in [1.82, 2.24) is 38.6 Å². The van der Waals surface area contributed by atoms with Crippen LogP contribution < -0.4 is 0 Å². The summed E-state index contributed by atoms with van der Waals surface area (Å²) >= 11 is 0. The minimum absolute atomic E-state index is 0.115. The first-order valence-electron chi connectivity index (χ1n) is 31.3. The van der Waals surface area contributed by atoms with E-state index < -0.39 is 0 Å². The number of benzene rings is 13. The second kappa shape index (κ2) is 21.0. The molecule has 0 radical (unpaired) electrons. The average molecular weight is 1180 g/mol. The first-order valence-corrected chi connectivity index (χ1v) is 31.3. The topological polar surface area (TPSA) is 79.2 Å². The lowest BCUT2D eigenvalue weighted by Crippen LogP contribution is -2.14. The lowest BCUT2D eigenvalue weighted by atomic mass is 9.81. The lowest BCUT2D eigenvalue weighted by Gasteiger charge is -2.21. The van der Waals surface area contributed by atoms with Crippen LogP contribution in [0.4, 0.5) is 0 Å². The van der Waals surface area contributed by atoms with E-state index in [4.69, 9.17) is 24.9 Å². The van der Waals surface area contributed by atoms with Gasteiger partial charge in [0, 0.05) is 65.7 Å². The van der Waals surface area contributed by atoms with Crippen molar-refractivity contribution in [2.75, 3.05) is 0 Å². The lowest BCUT2D eigenvalue weighted by molar-refractivity contribution is 0.661. The van der Waals surface area contributed by atoms with Crippen LogP contribution >= 0.6 is 0 Å². The van der Waals surface area contributed by atoms with Crippen LogP contribution in [0.5, 0.6) is 0 Å². The van der Waals surface area contributed by atoms with Gasteiger partial charge in [0.15, 0.2) is 11.6 Å². The van der Waals surface area contributed by atoms with Crippen molar-refractivity contribution in [3.8, 4) is 74.0 Å². The van der Waals surface area contributed by atoms with Crippen LogP contribution in [0.15, 0.2) is 303 Å². The quantitative estimate of drug-likeness (QED) is 0.159. The smallest absolute Gasteiger partial charge is 0.238 e. The number of rotatable bonds is 7. The van der Waals surface area contributed by atoms with Crippen LogP contribution in [0.25, 0.3) is 161 Å². The molecule has 5 heterocycles. The maximum atomic E-state index is 5.24. The van der Waals surface area contributed by atoms with Crippen LogP contribution in [0.2, 0.25) is 0 Å². The van der Waals surface area contributed by atoms with Crippen molar-refractivity contribution in [2.24, 2.45) is 0 Å². The van der Waals surface area contributed by atoms with E-state index in [1.165, 1.54) is 70.9 Å². The van der Waals surface area contributed by atoms with Crippen molar-refractivity contribution >= 4 is 87.0 Å². The summed E-state index contributed by atoms with van der Waals surface area (Å²) in [5, 5.41) is 12.0. The normalized spacial score (nSPS) is 12.5. The Kier molecular flexibility index (Phi) is 12.1. The van der Waals surface area contributed by atoms with Gasteiger partial charge in [-0.2, -0.15) is 9.97 Å². The van der Waals surface area contributed by atoms with E-state index in [9.17, 15) is 0 Å². The fraction of sp³-hybridized carbons (Fsp3) is 0.0357. The summed E-state index contributed by atoms with van der Waals surface area (Å²) in [6, 6.07) is 107. The predicted molar refractivity (Wildman–Crippen MR) is 379 cm³/mol. The Hall–Kier alpha value is -12.1. The van der Waals surface area contributed by atoms with E-state index in [1.54, 1.807) is 0 Å². The molecule has 0 saturated heterocycles. The largest absolute Gasteiger partial charge is 0.309 e. The molecule has 0 fully saturated rings. The number of hydrogen-bond acceptors (Lipinski definition) is 5. The van der Waals surface area contributed by atoms with Crippen LogP contribution in [-0.2, 0) is 5.41 Å². The highest BCUT2D eigenvalue weighted by Gasteiger charge is 2.38. The van der Waals surface area contributed by atoms with Crippen molar-refractivity contribution in [1.29, 1.82) is 0 Å². The molecular weight excluding hydrogens is 1120 g/mol. The highest BCUT2D eigenvalue weighted by Crippen LogP contribution is 2.53. The summed E-state index contributed by atoms with van der Waals surface area (Å²) in [6.45, 7) is 4.71. The van der Waals surface area contributed by atoms with Gasteiger partial charge in [0.1, 0.15) is 0 Å². The standard InChI is InChI=1S/C43H27N5.C41H29N3/c1-4-14-28(15-5-1)41-44-42(29-16-6-2-7-17-29)46-43(45-41)48-38-25-31-19-11-10-18-30(31)24-34(38)36-27-39-35(26-40(36)48)33-22-12-13-23-37(33)47(39)32-20-8-3-9-21-32;1-41(2)33-22-21-26-13-9-10-18-29(26)39(33)32-24-38-31(23-34(32)41)30-19-11-12-20-37(30)44(38)40-42-35(27-14-5-3-6-15-27)25-36(43-40)28-16-7-4-8-17-28/h1-27H;3-25H,1-2H3. The van der Waals surface area contributed by atoms with Gasteiger partial charge in [-0.1, -0.05) is 250 Å². The van der Waals surface area contributed by atoms with Crippen LogP contribution in [0, 0.1) is 0 Å². The summed E-state index contributed by atoms with van der Waals surface area (Å²) in [5.74, 6) is 2.53. The van der Waals surface area contributed by atoms with Gasteiger partial charge in [-0.05, 0) is 111 Å². The van der Waals surface area contributed by atoms with Gasteiger partial charge < -0.3 is 4.57 Å². The van der Waals surface area contributed by atoms with Crippen LogP contribution in [0.1, 0.15) is 25.0 Å². The Morgan fingerprint density at radius 1 is 0.261 bits per heavy atom. The third kappa shape index (κ3) is 8.49. The zero-order chi connectivity index (χ0) is 61.0. The fourth-order valence-corrected chi connectivity index (χ4v) is 14.4. The zero-order valence-corrected chi connectivity index (χ0v) is 50.4. The molecule has 0 saturated carbocycles. The molecule has 0 amide bonds. The molecule has 0 aliphatic heterocycles. The first kappa shape index (κ1) is 52.9. The second-order valence-corrected chi connectivity index (χ2v) is 24.4. The Balaban J connectivity index is 0.000000136. The van der Waals surface area contributed by atoms with Gasteiger partial charge in [-0.15, -0.1) is 0 Å². The van der Waals surface area contributed by atoms with Gasteiger partial charge in [-0.25, -0.2) is 15.0 Å². The van der Waals surface area contributed by atoms with E-state index in [0.717, 1.165) is 77.7 Å². The summed E-state index contributed by atoms with van der Waals surface area (Å²) in [6.07, 6.45) is 0. The second-order valence-electron chi connectivity index (χ2n) is 24.4. The van der Waals surface area contributed by atoms with Gasteiger partial charge in [-0.3, -0.25) is 9.13 Å². The van der Waals surface area contributed by atoms with Gasteiger partial charge in [0.25, 0.3) is 0 Å². The molecule has 5 aromatic heterocycles. The minimum atomic E-state index is -0.115.